The van der Waals surface area contributed by atoms with Gasteiger partial charge in [0, 0.05) is 34.0 Å². The Morgan fingerprint density at radius 3 is 1.96 bits per heavy atom. The molecule has 0 unspecified atom stereocenters. The van der Waals surface area contributed by atoms with E-state index in [0.717, 1.165) is 0 Å². The van der Waals surface area contributed by atoms with Gasteiger partial charge < -0.3 is 21.3 Å². The van der Waals surface area contributed by atoms with E-state index < -0.39 is 0 Å². The third-order valence-electron chi connectivity index (χ3n) is 3.11. The average Bonchev–Trinajstić information content (AvgIpc) is 2.53. The predicted molar refractivity (Wildman–Crippen MR) is 102 cm³/mol. The van der Waals surface area contributed by atoms with Crippen molar-refractivity contribution in [2.24, 2.45) is 0 Å². The highest BCUT2D eigenvalue weighted by Gasteiger charge is 2.09. The van der Waals surface area contributed by atoms with Crippen LogP contribution >= 0.6 is 23.2 Å². The Hall–Kier alpha value is -2.44. The first-order valence-corrected chi connectivity index (χ1v) is 8.31. The maximum Gasteiger partial charge on any atom is 0.319 e. The predicted octanol–water partition coefficient (Wildman–Crippen LogP) is 4.33. The molecular formula is C17H18Cl2N4O2. The fourth-order valence-electron chi connectivity index (χ4n) is 2.00. The fourth-order valence-corrected chi connectivity index (χ4v) is 2.38. The number of benzene rings is 2. The molecule has 0 heterocycles. The van der Waals surface area contributed by atoms with Gasteiger partial charge in [0.2, 0.25) is 0 Å². The van der Waals surface area contributed by atoms with Gasteiger partial charge in [0.25, 0.3) is 0 Å². The summed E-state index contributed by atoms with van der Waals surface area (Å²) in [5.74, 6) is 0. The van der Waals surface area contributed by atoms with Gasteiger partial charge in [-0.05, 0) is 43.3 Å². The average molecular weight is 381 g/mol. The van der Waals surface area contributed by atoms with E-state index in [1.807, 2.05) is 0 Å². The molecule has 0 fully saturated rings. The number of hydrogen-bond acceptors (Lipinski definition) is 2. The Bertz CT molecular complexity index is 755. The zero-order valence-electron chi connectivity index (χ0n) is 13.5. The quantitative estimate of drug-likeness (QED) is 0.622. The lowest BCUT2D eigenvalue weighted by atomic mass is 10.3. The number of urea groups is 2. The summed E-state index contributed by atoms with van der Waals surface area (Å²) in [6, 6.07) is 12.6. The maximum absolute atomic E-state index is 11.9. The van der Waals surface area contributed by atoms with Gasteiger partial charge in [0.05, 0.1) is 0 Å². The minimum atomic E-state index is -0.383. The summed E-state index contributed by atoms with van der Waals surface area (Å²) in [4.78, 5) is 23.7. The number of nitrogens with one attached hydrogen (secondary N) is 4. The molecule has 0 spiro atoms. The van der Waals surface area contributed by atoms with Crippen molar-refractivity contribution in [1.29, 1.82) is 0 Å². The summed E-state index contributed by atoms with van der Waals surface area (Å²) in [5.41, 5.74) is 1.17. The molecule has 4 N–H and O–H groups in total. The van der Waals surface area contributed by atoms with E-state index in [2.05, 4.69) is 21.3 Å². The zero-order chi connectivity index (χ0) is 18.2. The van der Waals surface area contributed by atoms with Crippen LogP contribution in [0.2, 0.25) is 10.0 Å². The van der Waals surface area contributed by atoms with Crippen LogP contribution in [0.3, 0.4) is 0 Å². The smallest absolute Gasteiger partial charge is 0.319 e. The van der Waals surface area contributed by atoms with Crippen LogP contribution in [0.4, 0.5) is 21.0 Å². The molecule has 0 aliphatic carbocycles. The van der Waals surface area contributed by atoms with E-state index in [4.69, 9.17) is 23.2 Å². The first-order valence-electron chi connectivity index (χ1n) is 7.56. The molecule has 6 nitrogen and oxygen atoms in total. The minimum Gasteiger partial charge on any atom is -0.336 e. The van der Waals surface area contributed by atoms with E-state index in [1.54, 1.807) is 55.5 Å². The third kappa shape index (κ3) is 6.91. The number of amides is 4. The highest BCUT2D eigenvalue weighted by Crippen LogP contribution is 2.15. The molecule has 132 valence electrons. The number of carbonyl (C=O) groups excluding carboxylic acids is 2. The molecule has 0 radical (unpaired) electrons. The first-order chi connectivity index (χ1) is 11.9. The molecule has 0 aliphatic rings. The van der Waals surface area contributed by atoms with Gasteiger partial charge in [-0.15, -0.1) is 0 Å². The highest BCUT2D eigenvalue weighted by atomic mass is 35.5. The van der Waals surface area contributed by atoms with Gasteiger partial charge >= 0.3 is 12.1 Å². The minimum absolute atomic E-state index is 0.259. The number of anilines is 2. The molecule has 0 saturated heterocycles. The molecular weight excluding hydrogens is 363 g/mol. The molecule has 8 heteroatoms. The molecule has 25 heavy (non-hydrogen) atoms. The van der Waals surface area contributed by atoms with E-state index >= 15 is 0 Å². The number of hydrogen-bond donors (Lipinski definition) is 4. The lowest BCUT2D eigenvalue weighted by molar-refractivity contribution is 0.244. The van der Waals surface area contributed by atoms with Crippen LogP contribution in [0, 0.1) is 0 Å². The van der Waals surface area contributed by atoms with Crippen molar-refractivity contribution in [2.75, 3.05) is 17.2 Å². The molecule has 2 aromatic carbocycles. The normalized spacial score (nSPS) is 11.3. The summed E-state index contributed by atoms with van der Waals surface area (Å²) >= 11 is 11.7. The second kappa shape index (κ2) is 9.15. The van der Waals surface area contributed by atoms with Crippen molar-refractivity contribution in [2.45, 2.75) is 13.0 Å². The van der Waals surface area contributed by atoms with Gasteiger partial charge in [-0.2, -0.15) is 0 Å². The Labute approximate surface area is 155 Å². The molecule has 2 aromatic rings. The van der Waals surface area contributed by atoms with Crippen LogP contribution in [-0.2, 0) is 0 Å². The fraction of sp³-hybridized carbons (Fsp3) is 0.176. The molecule has 2 rings (SSSR count). The van der Waals surface area contributed by atoms with Crippen molar-refractivity contribution < 1.29 is 9.59 Å². The van der Waals surface area contributed by atoms with Crippen LogP contribution in [0.1, 0.15) is 6.92 Å². The number of halogens is 2. The summed E-state index contributed by atoms with van der Waals surface area (Å²) < 4.78 is 0. The maximum atomic E-state index is 11.9. The molecule has 0 aromatic heterocycles. The lowest BCUT2D eigenvalue weighted by Crippen LogP contribution is -2.44. The molecule has 1 atom stereocenters. The van der Waals surface area contributed by atoms with Crippen LogP contribution in [0.15, 0.2) is 48.5 Å². The topological polar surface area (TPSA) is 82.3 Å². The molecule has 0 aliphatic heterocycles. The Kier molecular flexibility index (Phi) is 6.91. The molecule has 0 bridgehead atoms. The summed E-state index contributed by atoms with van der Waals surface area (Å²) in [5, 5.41) is 11.8. The van der Waals surface area contributed by atoms with E-state index in [0.29, 0.717) is 21.4 Å². The Morgan fingerprint density at radius 2 is 1.44 bits per heavy atom. The third-order valence-corrected chi connectivity index (χ3v) is 3.58. The standard InChI is InChI=1S/C17H18Cl2N4O2/c1-11(21-17(25)23-15-7-3-5-13(19)9-15)10-20-16(24)22-14-6-2-4-12(18)8-14/h2-9,11H,10H2,1H3,(H2,20,22,24)(H2,21,23,25)/t11-/m0/s1. The van der Waals surface area contributed by atoms with Gasteiger partial charge in [0.15, 0.2) is 0 Å². The monoisotopic (exact) mass is 380 g/mol. The Morgan fingerprint density at radius 1 is 0.920 bits per heavy atom. The van der Waals surface area contributed by atoms with Crippen LogP contribution in [0.5, 0.6) is 0 Å². The van der Waals surface area contributed by atoms with Gasteiger partial charge in [-0.25, -0.2) is 9.59 Å². The van der Waals surface area contributed by atoms with E-state index in [9.17, 15) is 9.59 Å². The first kappa shape index (κ1) is 18.9. The van der Waals surface area contributed by atoms with Crippen LogP contribution < -0.4 is 21.3 Å². The number of rotatable bonds is 5. The van der Waals surface area contributed by atoms with E-state index in [1.165, 1.54) is 0 Å². The lowest BCUT2D eigenvalue weighted by Gasteiger charge is -2.16. The zero-order valence-corrected chi connectivity index (χ0v) is 15.0. The largest absolute Gasteiger partial charge is 0.336 e. The second-order valence-electron chi connectivity index (χ2n) is 5.36. The highest BCUT2D eigenvalue weighted by molar-refractivity contribution is 6.31. The van der Waals surface area contributed by atoms with Gasteiger partial charge in [0.1, 0.15) is 0 Å². The van der Waals surface area contributed by atoms with Gasteiger partial charge in [-0.3, -0.25) is 0 Å². The van der Waals surface area contributed by atoms with Gasteiger partial charge in [-0.1, -0.05) is 35.3 Å². The van der Waals surface area contributed by atoms with Crippen molar-refractivity contribution in [1.82, 2.24) is 10.6 Å². The SMILES string of the molecule is C[C@@H](CNC(=O)Nc1cccc(Cl)c1)NC(=O)Nc1cccc(Cl)c1. The van der Waals surface area contributed by atoms with Crippen LogP contribution in [-0.4, -0.2) is 24.6 Å². The summed E-state index contributed by atoms with van der Waals surface area (Å²) in [6.45, 7) is 2.03. The summed E-state index contributed by atoms with van der Waals surface area (Å²) in [6.07, 6.45) is 0. The second-order valence-corrected chi connectivity index (χ2v) is 6.23. The van der Waals surface area contributed by atoms with Crippen LogP contribution in [0.25, 0.3) is 0 Å². The number of carbonyl (C=O) groups is 2. The summed E-state index contributed by atoms with van der Waals surface area (Å²) in [7, 11) is 0. The van der Waals surface area contributed by atoms with Crippen molar-refractivity contribution >= 4 is 46.6 Å². The van der Waals surface area contributed by atoms with Crippen molar-refractivity contribution in [3.63, 3.8) is 0 Å². The van der Waals surface area contributed by atoms with E-state index in [-0.39, 0.29) is 24.6 Å². The molecule has 4 amide bonds. The Balaban J connectivity index is 1.73. The van der Waals surface area contributed by atoms with Crippen molar-refractivity contribution in [3.8, 4) is 0 Å². The van der Waals surface area contributed by atoms with Crippen molar-refractivity contribution in [3.05, 3.63) is 58.6 Å². The molecule has 0 saturated carbocycles.